The van der Waals surface area contributed by atoms with Gasteiger partial charge in [-0.15, -0.1) is 0 Å². The highest BCUT2D eigenvalue weighted by Crippen LogP contribution is 2.13. The molecule has 8 heteroatoms. The number of benzene rings is 2. The number of nitrogens with two attached hydrogens (primary N) is 1. The van der Waals surface area contributed by atoms with Crippen molar-refractivity contribution in [1.29, 1.82) is 5.41 Å². The Hall–Kier alpha value is -2.62. The molecule has 24 heavy (non-hydrogen) atoms. The largest absolute Gasteiger partial charge is 0.369 e. The fourth-order valence-corrected chi connectivity index (χ4v) is 2.19. The van der Waals surface area contributed by atoms with Gasteiger partial charge in [-0.05, 0) is 71.5 Å². The van der Waals surface area contributed by atoms with E-state index in [0.717, 1.165) is 14.8 Å². The summed E-state index contributed by atoms with van der Waals surface area (Å²) < 4.78 is 1.10. The normalized spacial score (nSPS) is 10.8. The fraction of sp³-hybridized carbons (Fsp3) is 0.0625. The maximum Gasteiger partial charge on any atom is 0.323 e. The van der Waals surface area contributed by atoms with Crippen molar-refractivity contribution in [1.82, 2.24) is 5.43 Å². The number of guanidine groups is 1. The van der Waals surface area contributed by atoms with E-state index < -0.39 is 0 Å². The van der Waals surface area contributed by atoms with E-state index in [1.807, 2.05) is 36.4 Å². The van der Waals surface area contributed by atoms with Crippen LogP contribution in [0.1, 0.15) is 12.5 Å². The van der Waals surface area contributed by atoms with Crippen molar-refractivity contribution in [3.05, 3.63) is 57.7 Å². The molecule has 124 valence electrons. The molecule has 0 aliphatic heterocycles. The zero-order valence-corrected chi connectivity index (χ0v) is 15.1. The van der Waals surface area contributed by atoms with Gasteiger partial charge in [-0.3, -0.25) is 5.41 Å². The van der Waals surface area contributed by atoms with Crippen LogP contribution < -0.4 is 21.8 Å². The predicted molar refractivity (Wildman–Crippen MR) is 106 cm³/mol. The fourth-order valence-electron chi connectivity index (χ4n) is 1.83. The number of carbonyl (C=O) groups excluding carboxylic acids is 1. The summed E-state index contributed by atoms with van der Waals surface area (Å²) >= 11 is 2.21. The summed E-state index contributed by atoms with van der Waals surface area (Å²) in [4.78, 5) is 12.0. The van der Waals surface area contributed by atoms with E-state index in [1.165, 1.54) is 0 Å². The first-order chi connectivity index (χ1) is 11.4. The first kappa shape index (κ1) is 17.7. The highest BCUT2D eigenvalue weighted by molar-refractivity contribution is 14.1. The highest BCUT2D eigenvalue weighted by atomic mass is 127. The van der Waals surface area contributed by atoms with Crippen LogP contribution in [-0.2, 0) is 0 Å². The third kappa shape index (κ3) is 5.54. The van der Waals surface area contributed by atoms with Crippen LogP contribution >= 0.6 is 22.6 Å². The smallest absolute Gasteiger partial charge is 0.323 e. The molecule has 0 saturated carbocycles. The summed E-state index contributed by atoms with van der Waals surface area (Å²) in [5, 5.41) is 16.6. The van der Waals surface area contributed by atoms with Crippen molar-refractivity contribution in [2.45, 2.75) is 6.92 Å². The van der Waals surface area contributed by atoms with Crippen molar-refractivity contribution in [2.24, 2.45) is 10.8 Å². The molecule has 0 fully saturated rings. The van der Waals surface area contributed by atoms with Gasteiger partial charge < -0.3 is 16.4 Å². The Labute approximate surface area is 153 Å². The number of urea groups is 1. The van der Waals surface area contributed by atoms with Crippen molar-refractivity contribution in [2.75, 3.05) is 10.6 Å². The lowest BCUT2D eigenvalue weighted by molar-refractivity contribution is 0.262. The highest BCUT2D eigenvalue weighted by Gasteiger charge is 2.04. The topological polar surface area (TPSA) is 115 Å². The second-order valence-electron chi connectivity index (χ2n) is 4.89. The maximum absolute atomic E-state index is 12.0. The molecule has 2 rings (SSSR count). The minimum atomic E-state index is -0.312. The first-order valence-electron chi connectivity index (χ1n) is 7.02. The summed E-state index contributed by atoms with van der Waals surface area (Å²) in [6, 6.07) is 14.4. The predicted octanol–water partition coefficient (Wildman–Crippen LogP) is 3.14. The third-order valence-electron chi connectivity index (χ3n) is 3.01. The minimum absolute atomic E-state index is 0.222. The Bertz CT molecular complexity index is 755. The van der Waals surface area contributed by atoms with Crippen LogP contribution in [0.5, 0.6) is 0 Å². The van der Waals surface area contributed by atoms with Crippen molar-refractivity contribution >= 4 is 51.7 Å². The van der Waals surface area contributed by atoms with Gasteiger partial charge in [-0.25, -0.2) is 10.2 Å². The molecule has 0 saturated heterocycles. The quantitative estimate of drug-likeness (QED) is 0.220. The molecule has 0 unspecified atom stereocenters. The zero-order chi connectivity index (χ0) is 17.5. The van der Waals surface area contributed by atoms with Crippen LogP contribution in [0.3, 0.4) is 0 Å². The van der Waals surface area contributed by atoms with Crippen LogP contribution in [0.25, 0.3) is 0 Å². The molecule has 0 heterocycles. The molecule has 2 amide bonds. The van der Waals surface area contributed by atoms with Crippen molar-refractivity contribution in [3.63, 3.8) is 0 Å². The average Bonchev–Trinajstić information content (AvgIpc) is 2.55. The van der Waals surface area contributed by atoms with E-state index in [2.05, 4.69) is 43.8 Å². The molecule has 0 radical (unpaired) electrons. The van der Waals surface area contributed by atoms with E-state index >= 15 is 0 Å². The molecular formula is C16H17IN6O. The van der Waals surface area contributed by atoms with Crippen LogP contribution in [0.2, 0.25) is 0 Å². The summed E-state index contributed by atoms with van der Waals surface area (Å²) in [6.45, 7) is 1.79. The third-order valence-corrected chi connectivity index (χ3v) is 3.73. The van der Waals surface area contributed by atoms with Gasteiger partial charge in [-0.1, -0.05) is 12.1 Å². The summed E-state index contributed by atoms with van der Waals surface area (Å²) in [6.07, 6.45) is 0. The molecule has 7 nitrogen and oxygen atoms in total. The second kappa shape index (κ2) is 8.29. The van der Waals surface area contributed by atoms with Gasteiger partial charge in [0.15, 0.2) is 0 Å². The molecule has 2 aromatic rings. The van der Waals surface area contributed by atoms with Gasteiger partial charge in [0.2, 0.25) is 5.96 Å². The molecule has 0 aliphatic carbocycles. The molecule has 0 aliphatic rings. The lowest BCUT2D eigenvalue weighted by Crippen LogP contribution is -2.26. The number of amides is 2. The molecule has 0 spiro atoms. The Morgan fingerprint density at radius 2 is 1.54 bits per heavy atom. The van der Waals surface area contributed by atoms with Gasteiger partial charge in [0, 0.05) is 14.9 Å². The van der Waals surface area contributed by atoms with Gasteiger partial charge in [-0.2, -0.15) is 5.10 Å². The van der Waals surface area contributed by atoms with Crippen LogP contribution in [0.15, 0.2) is 53.6 Å². The van der Waals surface area contributed by atoms with E-state index in [1.54, 1.807) is 19.1 Å². The van der Waals surface area contributed by atoms with Crippen LogP contribution in [0.4, 0.5) is 16.2 Å². The molecule has 6 N–H and O–H groups in total. The molecular weight excluding hydrogens is 419 g/mol. The standard InChI is InChI=1S/C16H17IN6O/c1-10(22-23-15(18)19)11-2-6-13(7-3-11)20-16(24)21-14-8-4-12(17)5-9-14/h2-9H,1H3,(H4,18,19,23)(H2,20,21,24)/b22-10+. The Morgan fingerprint density at radius 1 is 1.04 bits per heavy atom. The number of hydrogen-bond donors (Lipinski definition) is 5. The molecule has 0 bridgehead atoms. The lowest BCUT2D eigenvalue weighted by Gasteiger charge is -2.08. The van der Waals surface area contributed by atoms with E-state index in [-0.39, 0.29) is 12.0 Å². The lowest BCUT2D eigenvalue weighted by atomic mass is 10.1. The molecule has 0 atom stereocenters. The van der Waals surface area contributed by atoms with Crippen molar-refractivity contribution in [3.8, 4) is 0 Å². The average molecular weight is 436 g/mol. The van der Waals surface area contributed by atoms with E-state index in [0.29, 0.717) is 11.4 Å². The minimum Gasteiger partial charge on any atom is -0.369 e. The molecule has 2 aromatic carbocycles. The number of anilines is 2. The molecule has 0 aromatic heterocycles. The van der Waals surface area contributed by atoms with Gasteiger partial charge in [0.05, 0.1) is 5.71 Å². The summed E-state index contributed by atoms with van der Waals surface area (Å²) in [5.41, 5.74) is 10.5. The van der Waals surface area contributed by atoms with Gasteiger partial charge >= 0.3 is 6.03 Å². The maximum atomic E-state index is 12.0. The monoisotopic (exact) mass is 436 g/mol. The Balaban J connectivity index is 1.95. The Morgan fingerprint density at radius 3 is 2.04 bits per heavy atom. The number of hydrazone groups is 1. The number of hydrogen-bond acceptors (Lipinski definition) is 3. The second-order valence-corrected chi connectivity index (χ2v) is 6.13. The number of halogens is 1. The van der Waals surface area contributed by atoms with E-state index in [9.17, 15) is 4.79 Å². The number of carbonyl (C=O) groups is 1. The number of nitrogens with zero attached hydrogens (tertiary/aromatic N) is 1. The SMILES string of the molecule is C/C(=N\NC(=N)N)c1ccc(NC(=O)Nc2ccc(I)cc2)cc1. The summed E-state index contributed by atoms with van der Waals surface area (Å²) in [5.74, 6) is -0.222. The zero-order valence-electron chi connectivity index (χ0n) is 12.9. The van der Waals surface area contributed by atoms with Crippen LogP contribution in [0, 0.1) is 8.98 Å². The van der Waals surface area contributed by atoms with Gasteiger partial charge in [0.1, 0.15) is 0 Å². The van der Waals surface area contributed by atoms with E-state index in [4.69, 9.17) is 11.1 Å². The first-order valence-corrected chi connectivity index (χ1v) is 8.10. The Kier molecular flexibility index (Phi) is 6.13. The van der Waals surface area contributed by atoms with Crippen molar-refractivity contribution < 1.29 is 4.79 Å². The summed E-state index contributed by atoms with van der Waals surface area (Å²) in [7, 11) is 0. The number of nitrogens with one attached hydrogen (secondary N) is 4. The van der Waals surface area contributed by atoms with Gasteiger partial charge in [0.25, 0.3) is 0 Å². The number of rotatable bonds is 4. The van der Waals surface area contributed by atoms with Crippen LogP contribution in [-0.4, -0.2) is 17.7 Å².